The number of hydrogen-bond acceptors (Lipinski definition) is 2. The Balaban J connectivity index is 3.05. The maximum absolute atomic E-state index is 9.79. The number of thioether (sulfide) groups is 1. The molecule has 0 rings (SSSR count). The van der Waals surface area contributed by atoms with Crippen LogP contribution < -0.4 is 0 Å². The summed E-state index contributed by atoms with van der Waals surface area (Å²) >= 11 is 1.88. The lowest BCUT2D eigenvalue weighted by Gasteiger charge is -2.09. The van der Waals surface area contributed by atoms with Crippen molar-refractivity contribution >= 4 is 11.8 Å². The Kier molecular flexibility index (Phi) is 16.6. The van der Waals surface area contributed by atoms with Crippen LogP contribution in [0.5, 0.6) is 0 Å². The fourth-order valence-electron chi connectivity index (χ4n) is 2.48. The third-order valence-electron chi connectivity index (χ3n) is 3.78. The average molecular weight is 289 g/mol. The standard InChI is InChI=1S/C17H36OS/c1-3-4-5-6-7-8-9-10-11-12-14-17(18)15-13-16-19-2/h17-18H,3-16H2,1-2H3. The van der Waals surface area contributed by atoms with Gasteiger partial charge >= 0.3 is 0 Å². The van der Waals surface area contributed by atoms with Crippen LogP contribution in [-0.2, 0) is 0 Å². The molecule has 0 fully saturated rings. The van der Waals surface area contributed by atoms with Gasteiger partial charge < -0.3 is 5.11 Å². The van der Waals surface area contributed by atoms with Gasteiger partial charge in [0.2, 0.25) is 0 Å². The van der Waals surface area contributed by atoms with Crippen molar-refractivity contribution in [3.63, 3.8) is 0 Å². The van der Waals surface area contributed by atoms with Crippen molar-refractivity contribution in [3.8, 4) is 0 Å². The van der Waals surface area contributed by atoms with Gasteiger partial charge in [0.25, 0.3) is 0 Å². The summed E-state index contributed by atoms with van der Waals surface area (Å²) in [5.41, 5.74) is 0. The van der Waals surface area contributed by atoms with Crippen LogP contribution >= 0.6 is 11.8 Å². The molecule has 116 valence electrons. The molecule has 0 aliphatic carbocycles. The first-order valence-corrected chi connectivity index (χ1v) is 9.87. The van der Waals surface area contributed by atoms with Crippen LogP contribution in [0.15, 0.2) is 0 Å². The summed E-state index contributed by atoms with van der Waals surface area (Å²) in [4.78, 5) is 0. The number of rotatable bonds is 15. The Hall–Kier alpha value is 0.310. The van der Waals surface area contributed by atoms with E-state index in [9.17, 15) is 5.11 Å². The summed E-state index contributed by atoms with van der Waals surface area (Å²) in [5.74, 6) is 1.19. The molecular formula is C17H36OS. The third-order valence-corrected chi connectivity index (χ3v) is 4.47. The summed E-state index contributed by atoms with van der Waals surface area (Å²) in [6.07, 6.45) is 19.0. The Morgan fingerprint density at radius 1 is 0.737 bits per heavy atom. The van der Waals surface area contributed by atoms with Crippen molar-refractivity contribution in [1.82, 2.24) is 0 Å². The van der Waals surface area contributed by atoms with E-state index in [1.54, 1.807) is 0 Å². The van der Waals surface area contributed by atoms with Crippen molar-refractivity contribution in [1.29, 1.82) is 0 Å². The lowest BCUT2D eigenvalue weighted by molar-refractivity contribution is 0.150. The maximum Gasteiger partial charge on any atom is 0.0540 e. The minimum Gasteiger partial charge on any atom is -0.393 e. The highest BCUT2D eigenvalue weighted by Gasteiger charge is 2.03. The van der Waals surface area contributed by atoms with Gasteiger partial charge in [-0.05, 0) is 31.3 Å². The van der Waals surface area contributed by atoms with Crippen LogP contribution in [0.2, 0.25) is 0 Å². The highest BCUT2D eigenvalue weighted by molar-refractivity contribution is 7.98. The van der Waals surface area contributed by atoms with Crippen LogP contribution in [0.4, 0.5) is 0 Å². The van der Waals surface area contributed by atoms with Crippen molar-refractivity contribution in [2.75, 3.05) is 12.0 Å². The van der Waals surface area contributed by atoms with E-state index in [1.807, 2.05) is 11.8 Å². The van der Waals surface area contributed by atoms with Gasteiger partial charge in [0.05, 0.1) is 6.10 Å². The molecule has 0 saturated carbocycles. The van der Waals surface area contributed by atoms with Gasteiger partial charge in [-0.3, -0.25) is 0 Å². The van der Waals surface area contributed by atoms with Gasteiger partial charge in [-0.15, -0.1) is 0 Å². The Morgan fingerprint density at radius 3 is 1.74 bits per heavy atom. The molecule has 0 heterocycles. The van der Waals surface area contributed by atoms with E-state index < -0.39 is 0 Å². The first-order valence-electron chi connectivity index (χ1n) is 8.48. The normalized spacial score (nSPS) is 12.8. The molecule has 0 aromatic heterocycles. The monoisotopic (exact) mass is 288 g/mol. The fourth-order valence-corrected chi connectivity index (χ4v) is 2.93. The summed E-state index contributed by atoms with van der Waals surface area (Å²) in [5, 5.41) is 9.79. The minimum absolute atomic E-state index is 0.0406. The highest BCUT2D eigenvalue weighted by Crippen LogP contribution is 2.13. The Labute approximate surface area is 125 Å². The molecule has 0 saturated heterocycles. The van der Waals surface area contributed by atoms with Crippen molar-refractivity contribution in [2.45, 2.75) is 96.5 Å². The number of aliphatic hydroxyl groups is 1. The van der Waals surface area contributed by atoms with E-state index in [-0.39, 0.29) is 6.10 Å². The fraction of sp³-hybridized carbons (Fsp3) is 1.00. The van der Waals surface area contributed by atoms with E-state index in [4.69, 9.17) is 0 Å². The molecule has 19 heavy (non-hydrogen) atoms. The summed E-state index contributed by atoms with van der Waals surface area (Å²) < 4.78 is 0. The van der Waals surface area contributed by atoms with Crippen LogP contribution in [0, 0.1) is 0 Å². The third kappa shape index (κ3) is 16.3. The quantitative estimate of drug-likeness (QED) is 0.384. The number of aliphatic hydroxyl groups excluding tert-OH is 1. The van der Waals surface area contributed by atoms with Gasteiger partial charge in [-0.25, -0.2) is 0 Å². The Morgan fingerprint density at radius 2 is 1.21 bits per heavy atom. The minimum atomic E-state index is -0.0406. The zero-order valence-electron chi connectivity index (χ0n) is 13.3. The van der Waals surface area contributed by atoms with Gasteiger partial charge in [0.1, 0.15) is 0 Å². The molecule has 0 aromatic carbocycles. The molecule has 0 radical (unpaired) electrons. The van der Waals surface area contributed by atoms with Crippen LogP contribution in [0.1, 0.15) is 90.4 Å². The second kappa shape index (κ2) is 16.4. The molecular weight excluding hydrogens is 252 g/mol. The number of hydrogen-bond donors (Lipinski definition) is 1. The first kappa shape index (κ1) is 19.3. The SMILES string of the molecule is CCCCCCCCCCCCC(O)CCCSC. The van der Waals surface area contributed by atoms with Crippen LogP contribution in [-0.4, -0.2) is 23.2 Å². The molecule has 0 spiro atoms. The number of unbranched alkanes of at least 4 members (excludes halogenated alkanes) is 9. The van der Waals surface area contributed by atoms with Crippen LogP contribution in [0.3, 0.4) is 0 Å². The van der Waals surface area contributed by atoms with E-state index in [0.717, 1.165) is 12.8 Å². The Bertz CT molecular complexity index is 161. The van der Waals surface area contributed by atoms with Gasteiger partial charge in [0.15, 0.2) is 0 Å². The largest absolute Gasteiger partial charge is 0.393 e. The lowest BCUT2D eigenvalue weighted by Crippen LogP contribution is -2.06. The zero-order valence-corrected chi connectivity index (χ0v) is 14.1. The van der Waals surface area contributed by atoms with Crippen LogP contribution in [0.25, 0.3) is 0 Å². The van der Waals surface area contributed by atoms with E-state index in [2.05, 4.69) is 13.2 Å². The average Bonchev–Trinajstić information content (AvgIpc) is 2.41. The summed E-state index contributed by atoms with van der Waals surface area (Å²) in [6, 6.07) is 0. The molecule has 0 bridgehead atoms. The molecule has 0 aliphatic heterocycles. The predicted octanol–water partition coefficient (Wildman–Crippen LogP) is 5.80. The topological polar surface area (TPSA) is 20.2 Å². The molecule has 2 heteroatoms. The van der Waals surface area contributed by atoms with Gasteiger partial charge in [-0.2, -0.15) is 11.8 Å². The summed E-state index contributed by atoms with van der Waals surface area (Å²) in [6.45, 7) is 2.27. The summed E-state index contributed by atoms with van der Waals surface area (Å²) in [7, 11) is 0. The van der Waals surface area contributed by atoms with E-state index in [1.165, 1.54) is 76.4 Å². The molecule has 1 atom stereocenters. The molecule has 1 unspecified atom stereocenters. The smallest absolute Gasteiger partial charge is 0.0540 e. The van der Waals surface area contributed by atoms with E-state index >= 15 is 0 Å². The zero-order chi connectivity index (χ0) is 14.2. The second-order valence-corrected chi connectivity index (χ2v) is 6.75. The van der Waals surface area contributed by atoms with E-state index in [0.29, 0.717) is 0 Å². The molecule has 0 aliphatic rings. The second-order valence-electron chi connectivity index (χ2n) is 5.76. The predicted molar refractivity (Wildman–Crippen MR) is 90.1 cm³/mol. The highest BCUT2D eigenvalue weighted by atomic mass is 32.2. The van der Waals surface area contributed by atoms with Gasteiger partial charge in [0, 0.05) is 0 Å². The van der Waals surface area contributed by atoms with Crippen molar-refractivity contribution < 1.29 is 5.11 Å². The maximum atomic E-state index is 9.79. The van der Waals surface area contributed by atoms with Crippen molar-refractivity contribution in [3.05, 3.63) is 0 Å². The molecule has 1 nitrogen and oxygen atoms in total. The molecule has 1 N–H and O–H groups in total. The lowest BCUT2D eigenvalue weighted by atomic mass is 10.0. The van der Waals surface area contributed by atoms with Gasteiger partial charge in [-0.1, -0.05) is 71.1 Å². The molecule has 0 aromatic rings. The first-order chi connectivity index (χ1) is 9.31. The molecule has 0 amide bonds. The van der Waals surface area contributed by atoms with Crippen molar-refractivity contribution in [2.24, 2.45) is 0 Å².